The van der Waals surface area contributed by atoms with Gasteiger partial charge in [-0.15, -0.1) is 0 Å². The van der Waals surface area contributed by atoms with Crippen molar-refractivity contribution in [2.45, 2.75) is 251 Å². The van der Waals surface area contributed by atoms with Gasteiger partial charge in [-0.3, -0.25) is 0 Å². The number of unbranched alkanes of at least 4 members (excludes halogenated alkanes) is 32. The monoisotopic (exact) mass is 733 g/mol. The van der Waals surface area contributed by atoms with Crippen LogP contribution in [0, 0.1) is 0 Å². The minimum atomic E-state index is 0.362. The van der Waals surface area contributed by atoms with Crippen molar-refractivity contribution in [2.75, 3.05) is 0 Å². The van der Waals surface area contributed by atoms with E-state index in [2.05, 4.69) is 38.1 Å². The molecule has 2 N–H and O–H groups in total. The van der Waals surface area contributed by atoms with Crippen molar-refractivity contribution in [3.63, 3.8) is 0 Å². The summed E-state index contributed by atoms with van der Waals surface area (Å²) in [5.74, 6) is 0.725. The lowest BCUT2D eigenvalue weighted by molar-refractivity contribution is 0.462. The summed E-state index contributed by atoms with van der Waals surface area (Å²) >= 11 is 0. The number of hydrogen-bond donors (Lipinski definition) is 2. The number of benzene rings is 2. The molecule has 0 aliphatic rings. The molecule has 0 aliphatic carbocycles. The highest BCUT2D eigenvalue weighted by Crippen LogP contribution is 2.28. The van der Waals surface area contributed by atoms with Gasteiger partial charge in [0.1, 0.15) is 11.5 Å². The molecule has 0 spiro atoms. The van der Waals surface area contributed by atoms with Gasteiger partial charge in [-0.2, -0.15) is 0 Å². The molecule has 0 fully saturated rings. The van der Waals surface area contributed by atoms with Gasteiger partial charge in [0, 0.05) is 6.42 Å². The Kier molecular flexibility index (Phi) is 30.7. The molecule has 2 aromatic rings. The van der Waals surface area contributed by atoms with E-state index in [0.29, 0.717) is 17.9 Å². The maximum atomic E-state index is 10.8. The molecule has 0 saturated heterocycles. The summed E-state index contributed by atoms with van der Waals surface area (Å²) < 4.78 is 0. The van der Waals surface area contributed by atoms with E-state index >= 15 is 0 Å². The third-order valence-electron chi connectivity index (χ3n) is 11.8. The lowest BCUT2D eigenvalue weighted by Gasteiger charge is -2.11. The van der Waals surface area contributed by atoms with Gasteiger partial charge in [0.15, 0.2) is 0 Å². The summed E-state index contributed by atoms with van der Waals surface area (Å²) in [6.45, 7) is 4.59. The second kappa shape index (κ2) is 34.5. The second-order valence-corrected chi connectivity index (χ2v) is 16.9. The largest absolute Gasteiger partial charge is 0.508 e. The van der Waals surface area contributed by atoms with E-state index in [0.717, 1.165) is 24.0 Å². The molecular weight excluding hydrogens is 645 g/mol. The molecule has 0 amide bonds. The van der Waals surface area contributed by atoms with Gasteiger partial charge >= 0.3 is 0 Å². The minimum absolute atomic E-state index is 0.362. The van der Waals surface area contributed by atoms with Crippen molar-refractivity contribution in [2.24, 2.45) is 0 Å². The predicted molar refractivity (Wildman–Crippen MR) is 235 cm³/mol. The van der Waals surface area contributed by atoms with Crippen LogP contribution in [0.1, 0.15) is 254 Å². The summed E-state index contributed by atoms with van der Waals surface area (Å²) in [5, 5.41) is 21.6. The lowest BCUT2D eigenvalue weighted by Crippen LogP contribution is -1.94. The van der Waals surface area contributed by atoms with Gasteiger partial charge in [0.25, 0.3) is 0 Å². The first kappa shape index (κ1) is 47.2. The number of aryl methyl sites for hydroxylation is 2. The summed E-state index contributed by atoms with van der Waals surface area (Å²) in [6, 6.07) is 12.4. The van der Waals surface area contributed by atoms with Crippen molar-refractivity contribution in [1.82, 2.24) is 0 Å². The number of phenols is 2. The first-order chi connectivity index (χ1) is 26.1. The fraction of sp³-hybridized carbons (Fsp3) is 0.765. The molecule has 2 aromatic carbocycles. The first-order valence-corrected chi connectivity index (χ1v) is 23.8. The zero-order chi connectivity index (χ0) is 37.9. The Morgan fingerprint density at radius 2 is 0.528 bits per heavy atom. The van der Waals surface area contributed by atoms with Crippen molar-refractivity contribution in [3.8, 4) is 11.5 Å². The smallest absolute Gasteiger partial charge is 0.119 e. The van der Waals surface area contributed by atoms with E-state index in [1.807, 2.05) is 12.1 Å². The quantitative estimate of drug-likeness (QED) is 0.0675. The molecule has 304 valence electrons. The zero-order valence-corrected chi connectivity index (χ0v) is 35.5. The fourth-order valence-corrected chi connectivity index (χ4v) is 8.14. The number of phenolic OH excluding ortho intramolecular Hbond substituents is 2. The molecule has 0 atom stereocenters. The van der Waals surface area contributed by atoms with Gasteiger partial charge in [0.05, 0.1) is 0 Å². The molecule has 0 saturated carbocycles. The standard InChI is InChI=1S/C51H88O2/c1-3-5-7-9-11-13-15-17-19-21-23-25-27-29-31-33-35-37-46-39-41-48(50(52)43-46)45-49-42-40-47(44-51(49)53)38-36-34-32-30-28-26-24-22-20-18-16-14-12-10-8-6-4-2/h39-44,52-53H,3-38,45H2,1-2H3. The van der Waals surface area contributed by atoms with E-state index in [9.17, 15) is 10.2 Å². The average Bonchev–Trinajstić information content (AvgIpc) is 3.16. The number of rotatable bonds is 38. The van der Waals surface area contributed by atoms with Crippen LogP contribution in [0.2, 0.25) is 0 Å². The molecule has 2 rings (SSSR count). The Bertz CT molecular complexity index is 1000. The van der Waals surface area contributed by atoms with Gasteiger partial charge in [-0.05, 0) is 60.1 Å². The van der Waals surface area contributed by atoms with Crippen molar-refractivity contribution >= 4 is 0 Å². The summed E-state index contributed by atoms with van der Waals surface area (Å²) in [6.07, 6.45) is 50.0. The molecule has 0 heterocycles. The van der Waals surface area contributed by atoms with Crippen LogP contribution in [-0.4, -0.2) is 10.2 Å². The van der Waals surface area contributed by atoms with Crippen molar-refractivity contribution < 1.29 is 10.2 Å². The topological polar surface area (TPSA) is 40.5 Å². The van der Waals surface area contributed by atoms with Gasteiger partial charge in [-0.1, -0.05) is 244 Å². The molecule has 53 heavy (non-hydrogen) atoms. The number of hydrogen-bond acceptors (Lipinski definition) is 2. The minimum Gasteiger partial charge on any atom is -0.508 e. The number of aromatic hydroxyl groups is 2. The third kappa shape index (κ3) is 26.5. The highest BCUT2D eigenvalue weighted by Gasteiger charge is 2.09. The van der Waals surface area contributed by atoms with Gasteiger partial charge in [0.2, 0.25) is 0 Å². The van der Waals surface area contributed by atoms with E-state index in [-0.39, 0.29) is 0 Å². The molecule has 2 nitrogen and oxygen atoms in total. The van der Waals surface area contributed by atoms with E-state index in [1.165, 1.54) is 229 Å². The Morgan fingerprint density at radius 1 is 0.302 bits per heavy atom. The van der Waals surface area contributed by atoms with Gasteiger partial charge in [-0.25, -0.2) is 0 Å². The highest BCUT2D eigenvalue weighted by atomic mass is 16.3. The van der Waals surface area contributed by atoms with Crippen LogP contribution in [0.3, 0.4) is 0 Å². The maximum absolute atomic E-state index is 10.8. The molecular formula is C51H88O2. The Hall–Kier alpha value is -1.96. The van der Waals surface area contributed by atoms with E-state index in [1.54, 1.807) is 0 Å². The van der Waals surface area contributed by atoms with Crippen molar-refractivity contribution in [3.05, 3.63) is 58.7 Å². The van der Waals surface area contributed by atoms with Crippen LogP contribution in [-0.2, 0) is 19.3 Å². The summed E-state index contributed by atoms with van der Waals surface area (Å²) in [7, 11) is 0. The van der Waals surface area contributed by atoms with Crippen LogP contribution in [0.25, 0.3) is 0 Å². The second-order valence-electron chi connectivity index (χ2n) is 16.9. The molecule has 0 bridgehead atoms. The predicted octanol–water partition coefficient (Wildman–Crippen LogP) is 17.1. The van der Waals surface area contributed by atoms with E-state index < -0.39 is 0 Å². The third-order valence-corrected chi connectivity index (χ3v) is 11.8. The molecule has 2 heteroatoms. The zero-order valence-electron chi connectivity index (χ0n) is 35.5. The molecule has 0 aromatic heterocycles. The summed E-state index contributed by atoms with van der Waals surface area (Å²) in [5.41, 5.74) is 4.24. The van der Waals surface area contributed by atoms with Crippen molar-refractivity contribution in [1.29, 1.82) is 0 Å². The van der Waals surface area contributed by atoms with Crippen LogP contribution in [0.4, 0.5) is 0 Å². The Balaban J connectivity index is 1.45. The van der Waals surface area contributed by atoms with Crippen LogP contribution in [0.5, 0.6) is 11.5 Å². The summed E-state index contributed by atoms with van der Waals surface area (Å²) in [4.78, 5) is 0. The molecule has 0 unspecified atom stereocenters. The Labute approximate surface area is 330 Å². The normalized spacial score (nSPS) is 11.5. The fourth-order valence-electron chi connectivity index (χ4n) is 8.14. The van der Waals surface area contributed by atoms with Gasteiger partial charge < -0.3 is 10.2 Å². The average molecular weight is 733 g/mol. The van der Waals surface area contributed by atoms with Crippen LogP contribution >= 0.6 is 0 Å². The van der Waals surface area contributed by atoms with E-state index in [4.69, 9.17) is 0 Å². The maximum Gasteiger partial charge on any atom is 0.119 e. The highest BCUT2D eigenvalue weighted by molar-refractivity contribution is 5.44. The lowest BCUT2D eigenvalue weighted by atomic mass is 9.97. The van der Waals surface area contributed by atoms with Crippen LogP contribution < -0.4 is 0 Å². The first-order valence-electron chi connectivity index (χ1n) is 23.8. The SMILES string of the molecule is CCCCCCCCCCCCCCCCCCCc1ccc(Cc2ccc(CCCCCCCCCCCCCCCCCCC)cc2O)c(O)c1. The van der Waals surface area contributed by atoms with Crippen LogP contribution in [0.15, 0.2) is 36.4 Å². The molecule has 0 radical (unpaired) electrons. The molecule has 0 aliphatic heterocycles. The Morgan fingerprint density at radius 3 is 0.755 bits per heavy atom.